The number of nitrogens with zero attached hydrogens (tertiary/aromatic N) is 2. The quantitative estimate of drug-likeness (QED) is 0.492. The van der Waals surface area contributed by atoms with Crippen LogP contribution in [-0.4, -0.2) is 33.7 Å². The van der Waals surface area contributed by atoms with E-state index >= 15 is 0 Å². The number of hydrogen-bond acceptors (Lipinski definition) is 4. The summed E-state index contributed by atoms with van der Waals surface area (Å²) in [5, 5.41) is 14.5. The molecule has 1 aliphatic carbocycles. The highest BCUT2D eigenvalue weighted by atomic mass is 16.6. The third-order valence-electron chi connectivity index (χ3n) is 6.12. The number of nitro benzene ring substituents is 1. The van der Waals surface area contributed by atoms with Crippen LogP contribution in [0.2, 0.25) is 0 Å². The number of nitro groups is 1. The van der Waals surface area contributed by atoms with Gasteiger partial charge >= 0.3 is 0 Å². The van der Waals surface area contributed by atoms with Crippen molar-refractivity contribution in [3.8, 4) is 0 Å². The number of amides is 2. The normalized spacial score (nSPS) is 15.1. The Morgan fingerprint density at radius 3 is 2.41 bits per heavy atom. The molecule has 1 saturated carbocycles. The van der Waals surface area contributed by atoms with Crippen molar-refractivity contribution in [3.63, 3.8) is 0 Å². The minimum absolute atomic E-state index is 0.0875. The summed E-state index contributed by atoms with van der Waals surface area (Å²) >= 11 is 0. The third kappa shape index (κ3) is 6.15. The van der Waals surface area contributed by atoms with Gasteiger partial charge in [-0.05, 0) is 32.3 Å². The SMILES string of the molecule is Cc1ccc(CN(C(=O)Cc2ccccc2[N+](=O)[O-])C(C)C(=O)NC2CCCCC2)cc1. The first kappa shape index (κ1) is 23.4. The first-order valence-corrected chi connectivity index (χ1v) is 11.2. The van der Waals surface area contributed by atoms with Gasteiger partial charge in [-0.1, -0.05) is 67.3 Å². The highest BCUT2D eigenvalue weighted by Crippen LogP contribution is 2.21. The van der Waals surface area contributed by atoms with E-state index in [0.717, 1.165) is 36.8 Å². The Morgan fingerprint density at radius 1 is 1.09 bits per heavy atom. The van der Waals surface area contributed by atoms with E-state index in [0.29, 0.717) is 5.56 Å². The monoisotopic (exact) mass is 437 g/mol. The van der Waals surface area contributed by atoms with E-state index in [9.17, 15) is 19.7 Å². The van der Waals surface area contributed by atoms with Crippen LogP contribution in [0.5, 0.6) is 0 Å². The molecule has 0 heterocycles. The second-order valence-corrected chi connectivity index (χ2v) is 8.59. The molecule has 2 amide bonds. The van der Waals surface area contributed by atoms with Gasteiger partial charge in [-0.2, -0.15) is 0 Å². The fourth-order valence-corrected chi connectivity index (χ4v) is 4.14. The van der Waals surface area contributed by atoms with Crippen molar-refractivity contribution in [1.29, 1.82) is 0 Å². The minimum Gasteiger partial charge on any atom is -0.352 e. The standard InChI is InChI=1S/C25H31N3O4/c1-18-12-14-20(15-13-18)17-27(19(2)25(30)26-22-9-4-3-5-10-22)24(29)16-21-8-6-7-11-23(21)28(31)32/h6-8,11-15,19,22H,3-5,9-10,16-17H2,1-2H3,(H,26,30). The van der Waals surface area contributed by atoms with Gasteiger partial charge in [0, 0.05) is 24.2 Å². The van der Waals surface area contributed by atoms with Crippen molar-refractivity contribution in [2.75, 3.05) is 0 Å². The van der Waals surface area contributed by atoms with Crippen molar-refractivity contribution in [3.05, 3.63) is 75.3 Å². The molecule has 7 heteroatoms. The molecule has 0 radical (unpaired) electrons. The van der Waals surface area contributed by atoms with Crippen LogP contribution in [0.4, 0.5) is 5.69 Å². The van der Waals surface area contributed by atoms with Gasteiger partial charge in [0.1, 0.15) is 6.04 Å². The van der Waals surface area contributed by atoms with Gasteiger partial charge in [0.2, 0.25) is 11.8 Å². The summed E-state index contributed by atoms with van der Waals surface area (Å²) in [5.41, 5.74) is 2.27. The Kier molecular flexibility index (Phi) is 7.98. The maximum absolute atomic E-state index is 13.3. The van der Waals surface area contributed by atoms with E-state index in [-0.39, 0.29) is 36.5 Å². The molecule has 0 saturated heterocycles. The largest absolute Gasteiger partial charge is 0.352 e. The molecular weight excluding hydrogens is 406 g/mol. The summed E-state index contributed by atoms with van der Waals surface area (Å²) in [6, 6.07) is 13.5. The molecule has 1 atom stereocenters. The highest BCUT2D eigenvalue weighted by Gasteiger charge is 2.29. The molecule has 32 heavy (non-hydrogen) atoms. The summed E-state index contributed by atoms with van der Waals surface area (Å²) in [6.45, 7) is 3.98. The molecule has 3 rings (SSSR count). The van der Waals surface area contributed by atoms with Crippen LogP contribution in [0.25, 0.3) is 0 Å². The van der Waals surface area contributed by atoms with Crippen molar-refractivity contribution < 1.29 is 14.5 Å². The van der Waals surface area contributed by atoms with E-state index in [1.165, 1.54) is 17.4 Å². The minimum atomic E-state index is -0.687. The Labute approximate surface area is 189 Å². The summed E-state index contributed by atoms with van der Waals surface area (Å²) in [7, 11) is 0. The predicted molar refractivity (Wildman–Crippen MR) is 123 cm³/mol. The molecular formula is C25H31N3O4. The topological polar surface area (TPSA) is 92.6 Å². The second kappa shape index (κ2) is 10.9. The Hall–Kier alpha value is -3.22. The first-order chi connectivity index (χ1) is 15.3. The van der Waals surface area contributed by atoms with Gasteiger partial charge in [0.15, 0.2) is 0 Å². The molecule has 0 bridgehead atoms. The number of carbonyl (C=O) groups excluding carboxylic acids is 2. The van der Waals surface area contributed by atoms with Crippen molar-refractivity contribution in [2.45, 2.75) is 71.0 Å². The Bertz CT molecular complexity index is 952. The van der Waals surface area contributed by atoms with Crippen LogP contribution >= 0.6 is 0 Å². The predicted octanol–water partition coefficient (Wildman–Crippen LogP) is 4.31. The Balaban J connectivity index is 1.80. The molecule has 1 N–H and O–H groups in total. The molecule has 0 aliphatic heterocycles. The maximum atomic E-state index is 13.3. The zero-order valence-corrected chi connectivity index (χ0v) is 18.8. The number of carbonyl (C=O) groups is 2. The van der Waals surface area contributed by atoms with Crippen molar-refractivity contribution in [2.24, 2.45) is 0 Å². The lowest BCUT2D eigenvalue weighted by atomic mass is 9.95. The summed E-state index contributed by atoms with van der Waals surface area (Å²) in [4.78, 5) is 38.8. The average molecular weight is 438 g/mol. The van der Waals surface area contributed by atoms with Gasteiger partial charge < -0.3 is 10.2 Å². The summed E-state index contributed by atoms with van der Waals surface area (Å²) in [5.74, 6) is -0.494. The lowest BCUT2D eigenvalue weighted by Gasteiger charge is -2.31. The van der Waals surface area contributed by atoms with Crippen LogP contribution < -0.4 is 5.32 Å². The zero-order chi connectivity index (χ0) is 23.1. The van der Waals surface area contributed by atoms with Gasteiger partial charge in [0.05, 0.1) is 11.3 Å². The van der Waals surface area contributed by atoms with E-state index < -0.39 is 11.0 Å². The van der Waals surface area contributed by atoms with Gasteiger partial charge in [0.25, 0.3) is 5.69 Å². The van der Waals surface area contributed by atoms with E-state index in [1.54, 1.807) is 25.1 Å². The fraction of sp³-hybridized carbons (Fsp3) is 0.440. The first-order valence-electron chi connectivity index (χ1n) is 11.2. The molecule has 0 aromatic heterocycles. The smallest absolute Gasteiger partial charge is 0.273 e. The molecule has 170 valence electrons. The molecule has 0 spiro atoms. The summed E-state index contributed by atoms with van der Waals surface area (Å²) < 4.78 is 0. The maximum Gasteiger partial charge on any atom is 0.273 e. The molecule has 7 nitrogen and oxygen atoms in total. The van der Waals surface area contributed by atoms with Crippen LogP contribution in [-0.2, 0) is 22.6 Å². The van der Waals surface area contributed by atoms with Crippen LogP contribution in [0.3, 0.4) is 0 Å². The third-order valence-corrected chi connectivity index (χ3v) is 6.12. The van der Waals surface area contributed by atoms with Crippen LogP contribution in [0.1, 0.15) is 55.7 Å². The van der Waals surface area contributed by atoms with Crippen LogP contribution in [0.15, 0.2) is 48.5 Å². The number of hydrogen-bond donors (Lipinski definition) is 1. The average Bonchev–Trinajstić information content (AvgIpc) is 2.79. The van der Waals surface area contributed by atoms with E-state index in [2.05, 4.69) is 5.32 Å². The second-order valence-electron chi connectivity index (χ2n) is 8.59. The van der Waals surface area contributed by atoms with Crippen molar-refractivity contribution in [1.82, 2.24) is 10.2 Å². The molecule has 2 aromatic rings. The summed E-state index contributed by atoms with van der Waals surface area (Å²) in [6.07, 6.45) is 5.17. The molecule has 2 aromatic carbocycles. The molecule has 1 fully saturated rings. The van der Waals surface area contributed by atoms with Gasteiger partial charge in [-0.3, -0.25) is 19.7 Å². The number of aryl methyl sites for hydroxylation is 1. The van der Waals surface area contributed by atoms with Gasteiger partial charge in [-0.25, -0.2) is 0 Å². The number of benzene rings is 2. The lowest BCUT2D eigenvalue weighted by Crippen LogP contribution is -2.50. The number of rotatable bonds is 8. The molecule has 1 unspecified atom stereocenters. The van der Waals surface area contributed by atoms with Crippen LogP contribution in [0, 0.1) is 17.0 Å². The number of para-hydroxylation sites is 1. The van der Waals surface area contributed by atoms with Gasteiger partial charge in [-0.15, -0.1) is 0 Å². The highest BCUT2D eigenvalue weighted by molar-refractivity contribution is 5.88. The van der Waals surface area contributed by atoms with E-state index in [4.69, 9.17) is 0 Å². The zero-order valence-electron chi connectivity index (χ0n) is 18.8. The van der Waals surface area contributed by atoms with E-state index in [1.807, 2.05) is 31.2 Å². The Morgan fingerprint density at radius 2 is 1.75 bits per heavy atom. The molecule has 1 aliphatic rings. The van der Waals surface area contributed by atoms with Crippen molar-refractivity contribution >= 4 is 17.5 Å². The fourth-order valence-electron chi connectivity index (χ4n) is 4.14. The lowest BCUT2D eigenvalue weighted by molar-refractivity contribution is -0.385. The number of nitrogens with one attached hydrogen (secondary N) is 1.